The normalized spacial score (nSPS) is 17.7. The highest BCUT2D eigenvalue weighted by Crippen LogP contribution is 2.28. The zero-order chi connectivity index (χ0) is 16.4. The van der Waals surface area contributed by atoms with Crippen molar-refractivity contribution >= 4 is 0 Å². The summed E-state index contributed by atoms with van der Waals surface area (Å²) in [6, 6.07) is 0. The monoisotopic (exact) mass is 317 g/mol. The average Bonchev–Trinajstić information content (AvgIpc) is 3.16. The van der Waals surface area contributed by atoms with Crippen molar-refractivity contribution in [1.82, 2.24) is 24.8 Å². The van der Waals surface area contributed by atoms with Crippen LogP contribution in [-0.4, -0.2) is 37.9 Å². The molecule has 1 aliphatic heterocycles. The molecule has 0 saturated carbocycles. The topological polar surface area (TPSA) is 60.0 Å². The molecule has 3 heterocycles. The summed E-state index contributed by atoms with van der Waals surface area (Å²) in [5.74, 6) is 2.14. The highest BCUT2D eigenvalue weighted by Gasteiger charge is 2.25. The molecule has 2 aromatic heterocycles. The quantitative estimate of drug-likeness (QED) is 0.867. The van der Waals surface area contributed by atoms with Gasteiger partial charge in [-0.05, 0) is 44.3 Å². The van der Waals surface area contributed by atoms with Gasteiger partial charge in [0.05, 0.1) is 12.7 Å². The lowest BCUT2D eigenvalue weighted by molar-refractivity contribution is 0.197. The van der Waals surface area contributed by atoms with Crippen LogP contribution in [0.15, 0.2) is 16.9 Å². The first-order valence-electron chi connectivity index (χ1n) is 8.53. The van der Waals surface area contributed by atoms with Crippen molar-refractivity contribution in [2.24, 2.45) is 0 Å². The molecule has 0 N–H and O–H groups in total. The van der Waals surface area contributed by atoms with Crippen LogP contribution in [0.1, 0.15) is 63.7 Å². The van der Waals surface area contributed by atoms with Gasteiger partial charge in [-0.1, -0.05) is 25.9 Å². The minimum absolute atomic E-state index is 0.0856. The SMILES string of the molecule is CCn1cc(C2CCN(Cc3noc(C(C)(C)C)n3)CC2)cn1. The fourth-order valence-corrected chi connectivity index (χ4v) is 3.01. The Morgan fingerprint density at radius 3 is 2.57 bits per heavy atom. The van der Waals surface area contributed by atoms with Crippen LogP contribution < -0.4 is 0 Å². The third kappa shape index (κ3) is 3.80. The van der Waals surface area contributed by atoms with E-state index >= 15 is 0 Å². The fraction of sp³-hybridized carbons (Fsp3) is 0.706. The van der Waals surface area contributed by atoms with E-state index in [-0.39, 0.29) is 5.41 Å². The van der Waals surface area contributed by atoms with Crippen molar-refractivity contribution in [3.05, 3.63) is 29.7 Å². The summed E-state index contributed by atoms with van der Waals surface area (Å²) in [5.41, 5.74) is 1.29. The second-order valence-corrected chi connectivity index (χ2v) is 7.45. The Morgan fingerprint density at radius 2 is 2.00 bits per heavy atom. The van der Waals surface area contributed by atoms with Crippen LogP contribution in [-0.2, 0) is 18.5 Å². The first kappa shape index (κ1) is 16.2. The summed E-state index contributed by atoms with van der Waals surface area (Å²) in [5, 5.41) is 8.52. The molecule has 0 aromatic carbocycles. The number of rotatable bonds is 4. The summed E-state index contributed by atoms with van der Waals surface area (Å²) in [6.07, 6.45) is 6.55. The lowest BCUT2D eigenvalue weighted by atomic mass is 9.91. The summed E-state index contributed by atoms with van der Waals surface area (Å²) in [4.78, 5) is 6.95. The molecular weight excluding hydrogens is 290 g/mol. The van der Waals surface area contributed by atoms with Crippen molar-refractivity contribution in [3.63, 3.8) is 0 Å². The van der Waals surface area contributed by atoms with E-state index in [1.807, 2.05) is 10.9 Å². The standard InChI is InChI=1S/C17H27N5O/c1-5-22-11-14(10-18-22)13-6-8-21(9-7-13)12-15-19-16(23-20-15)17(2,3)4/h10-11,13H,5-9,12H2,1-4H3. The summed E-state index contributed by atoms with van der Waals surface area (Å²) < 4.78 is 7.39. The number of aryl methyl sites for hydroxylation is 1. The van der Waals surface area contributed by atoms with Crippen molar-refractivity contribution in [1.29, 1.82) is 0 Å². The van der Waals surface area contributed by atoms with Crippen molar-refractivity contribution in [2.45, 2.75) is 65.0 Å². The van der Waals surface area contributed by atoms with Crippen LogP contribution in [0, 0.1) is 0 Å². The molecule has 0 atom stereocenters. The molecule has 0 bridgehead atoms. The summed E-state index contributed by atoms with van der Waals surface area (Å²) in [7, 11) is 0. The Balaban J connectivity index is 1.54. The Morgan fingerprint density at radius 1 is 1.26 bits per heavy atom. The second kappa shape index (κ2) is 6.43. The number of hydrogen-bond acceptors (Lipinski definition) is 5. The molecule has 1 aliphatic rings. The van der Waals surface area contributed by atoms with Gasteiger partial charge in [-0.15, -0.1) is 0 Å². The highest BCUT2D eigenvalue weighted by atomic mass is 16.5. The van der Waals surface area contributed by atoms with Crippen LogP contribution in [0.25, 0.3) is 0 Å². The molecule has 2 aromatic rings. The molecule has 6 heteroatoms. The molecule has 0 aliphatic carbocycles. The van der Waals surface area contributed by atoms with Crippen LogP contribution in [0.2, 0.25) is 0 Å². The number of piperidine rings is 1. The van der Waals surface area contributed by atoms with Crippen LogP contribution >= 0.6 is 0 Å². The molecule has 6 nitrogen and oxygen atoms in total. The van der Waals surface area contributed by atoms with Gasteiger partial charge < -0.3 is 4.52 Å². The van der Waals surface area contributed by atoms with E-state index < -0.39 is 0 Å². The lowest BCUT2D eigenvalue weighted by Crippen LogP contribution is -2.32. The Labute approximate surface area is 137 Å². The number of nitrogens with zero attached hydrogens (tertiary/aromatic N) is 5. The molecule has 0 unspecified atom stereocenters. The van der Waals surface area contributed by atoms with E-state index in [9.17, 15) is 0 Å². The minimum atomic E-state index is -0.0856. The third-order valence-electron chi connectivity index (χ3n) is 4.51. The van der Waals surface area contributed by atoms with Gasteiger partial charge in [0.25, 0.3) is 0 Å². The number of hydrogen-bond donors (Lipinski definition) is 0. The Hall–Kier alpha value is -1.69. The summed E-state index contributed by atoms with van der Waals surface area (Å²) >= 11 is 0. The van der Waals surface area contributed by atoms with E-state index in [0.29, 0.717) is 5.92 Å². The first-order valence-corrected chi connectivity index (χ1v) is 8.53. The van der Waals surface area contributed by atoms with Gasteiger partial charge >= 0.3 is 0 Å². The molecule has 0 amide bonds. The van der Waals surface area contributed by atoms with Gasteiger partial charge in [-0.25, -0.2) is 0 Å². The lowest BCUT2D eigenvalue weighted by Gasteiger charge is -2.30. The molecule has 1 saturated heterocycles. The molecule has 0 radical (unpaired) electrons. The number of aromatic nitrogens is 4. The van der Waals surface area contributed by atoms with Gasteiger partial charge in [0.15, 0.2) is 5.82 Å². The largest absolute Gasteiger partial charge is 0.339 e. The Kier molecular flexibility index (Phi) is 4.53. The molecule has 3 rings (SSSR count). The third-order valence-corrected chi connectivity index (χ3v) is 4.51. The zero-order valence-corrected chi connectivity index (χ0v) is 14.6. The summed E-state index contributed by atoms with van der Waals surface area (Å²) in [6.45, 7) is 12.2. The van der Waals surface area contributed by atoms with E-state index in [1.165, 1.54) is 18.4 Å². The maximum absolute atomic E-state index is 5.38. The molecule has 23 heavy (non-hydrogen) atoms. The van der Waals surface area contributed by atoms with E-state index in [0.717, 1.165) is 37.9 Å². The van der Waals surface area contributed by atoms with Crippen LogP contribution in [0.5, 0.6) is 0 Å². The molecule has 1 fully saturated rings. The molecular formula is C17H27N5O. The molecule has 126 valence electrons. The molecule has 0 spiro atoms. The maximum atomic E-state index is 5.38. The smallest absolute Gasteiger partial charge is 0.232 e. The predicted molar refractivity (Wildman–Crippen MR) is 88.2 cm³/mol. The van der Waals surface area contributed by atoms with Crippen molar-refractivity contribution < 1.29 is 4.52 Å². The van der Waals surface area contributed by atoms with Gasteiger partial charge in [-0.3, -0.25) is 9.58 Å². The Bertz CT molecular complexity index is 631. The zero-order valence-electron chi connectivity index (χ0n) is 14.6. The van der Waals surface area contributed by atoms with Gasteiger partial charge in [-0.2, -0.15) is 10.1 Å². The van der Waals surface area contributed by atoms with E-state index in [1.54, 1.807) is 0 Å². The average molecular weight is 317 g/mol. The fourth-order valence-electron chi connectivity index (χ4n) is 3.01. The maximum Gasteiger partial charge on any atom is 0.232 e. The van der Waals surface area contributed by atoms with E-state index in [4.69, 9.17) is 4.52 Å². The first-order chi connectivity index (χ1) is 11.0. The van der Waals surface area contributed by atoms with Crippen LogP contribution in [0.3, 0.4) is 0 Å². The van der Waals surface area contributed by atoms with Gasteiger partial charge in [0, 0.05) is 18.2 Å². The predicted octanol–water partition coefficient (Wildman–Crippen LogP) is 2.96. The van der Waals surface area contributed by atoms with Gasteiger partial charge in [0.2, 0.25) is 5.89 Å². The van der Waals surface area contributed by atoms with E-state index in [2.05, 4.69) is 54.0 Å². The van der Waals surface area contributed by atoms with Gasteiger partial charge in [0.1, 0.15) is 0 Å². The second-order valence-electron chi connectivity index (χ2n) is 7.45. The number of likely N-dealkylation sites (tertiary alicyclic amines) is 1. The van der Waals surface area contributed by atoms with Crippen molar-refractivity contribution in [2.75, 3.05) is 13.1 Å². The highest BCUT2D eigenvalue weighted by molar-refractivity contribution is 5.12. The van der Waals surface area contributed by atoms with Crippen LogP contribution in [0.4, 0.5) is 0 Å². The minimum Gasteiger partial charge on any atom is -0.339 e. The van der Waals surface area contributed by atoms with Crippen molar-refractivity contribution in [3.8, 4) is 0 Å².